The molecule has 1 amide bonds. The highest BCUT2D eigenvalue weighted by molar-refractivity contribution is 7.99. The van der Waals surface area contributed by atoms with Crippen LogP contribution in [0.2, 0.25) is 0 Å². The molecular formula is C25H24FN5O3S. The van der Waals surface area contributed by atoms with Crippen molar-refractivity contribution in [1.82, 2.24) is 19.3 Å². The fraction of sp³-hybridized carbons (Fsp3) is 0.240. The van der Waals surface area contributed by atoms with E-state index in [1.54, 1.807) is 48.0 Å². The smallest absolute Gasteiger partial charge is 0.280 e. The highest BCUT2D eigenvalue weighted by Crippen LogP contribution is 2.22. The molecule has 0 atom stereocenters. The molecule has 0 unspecified atom stereocenters. The van der Waals surface area contributed by atoms with Crippen molar-refractivity contribution < 1.29 is 14.0 Å². The largest absolute Gasteiger partial charge is 0.325 e. The van der Waals surface area contributed by atoms with Crippen LogP contribution in [-0.2, 0) is 17.9 Å². The zero-order valence-corrected chi connectivity index (χ0v) is 20.4. The molecule has 180 valence electrons. The monoisotopic (exact) mass is 493 g/mol. The molecule has 0 spiro atoms. The van der Waals surface area contributed by atoms with Crippen molar-refractivity contribution in [3.8, 4) is 0 Å². The first-order valence-electron chi connectivity index (χ1n) is 11.0. The van der Waals surface area contributed by atoms with E-state index in [4.69, 9.17) is 0 Å². The summed E-state index contributed by atoms with van der Waals surface area (Å²) in [7, 11) is 0. The van der Waals surface area contributed by atoms with Crippen molar-refractivity contribution >= 4 is 40.2 Å². The third kappa shape index (κ3) is 5.32. The summed E-state index contributed by atoms with van der Waals surface area (Å²) in [6.45, 7) is 5.81. The number of hydrogen-bond acceptors (Lipinski definition) is 6. The number of Topliss-reactive ketones (excluding diaryl/α,β-unsaturated/α-hetero) is 1. The molecule has 1 N–H and O–H groups in total. The second kappa shape index (κ2) is 10.2. The summed E-state index contributed by atoms with van der Waals surface area (Å²) in [5.74, 6) is -0.776. The molecule has 8 nitrogen and oxygen atoms in total. The van der Waals surface area contributed by atoms with E-state index in [1.165, 1.54) is 23.6 Å². The van der Waals surface area contributed by atoms with Gasteiger partial charge in [-0.1, -0.05) is 36.0 Å². The number of amides is 1. The Morgan fingerprint density at radius 3 is 2.57 bits per heavy atom. The van der Waals surface area contributed by atoms with Crippen LogP contribution in [0.3, 0.4) is 0 Å². The lowest BCUT2D eigenvalue weighted by Gasteiger charge is -2.13. The Labute approximate surface area is 205 Å². The maximum atomic E-state index is 13.5. The van der Waals surface area contributed by atoms with E-state index in [0.29, 0.717) is 39.7 Å². The molecule has 35 heavy (non-hydrogen) atoms. The van der Waals surface area contributed by atoms with Gasteiger partial charge in [0.1, 0.15) is 11.3 Å². The van der Waals surface area contributed by atoms with Crippen molar-refractivity contribution in [2.45, 2.75) is 39.0 Å². The van der Waals surface area contributed by atoms with Gasteiger partial charge in [-0.25, -0.2) is 9.37 Å². The molecule has 0 aliphatic heterocycles. The van der Waals surface area contributed by atoms with Crippen LogP contribution < -0.4 is 10.9 Å². The molecule has 0 saturated heterocycles. The fourth-order valence-electron chi connectivity index (χ4n) is 3.68. The topological polar surface area (TPSA) is 98.9 Å². The highest BCUT2D eigenvalue weighted by Gasteiger charge is 2.19. The van der Waals surface area contributed by atoms with Crippen LogP contribution in [0.25, 0.3) is 11.0 Å². The Balaban J connectivity index is 1.64. The minimum atomic E-state index is -0.366. The van der Waals surface area contributed by atoms with Crippen LogP contribution in [0.4, 0.5) is 10.1 Å². The number of nitrogens with zero attached hydrogens (tertiary/aromatic N) is 4. The van der Waals surface area contributed by atoms with Crippen LogP contribution in [0.5, 0.6) is 0 Å². The molecule has 2 aromatic carbocycles. The molecule has 0 saturated carbocycles. The fourth-order valence-corrected chi connectivity index (χ4v) is 4.47. The Morgan fingerprint density at radius 1 is 1.14 bits per heavy atom. The molecule has 0 aliphatic rings. The van der Waals surface area contributed by atoms with E-state index < -0.39 is 0 Å². The number of hydrogen-bond donors (Lipinski definition) is 1. The molecular weight excluding hydrogens is 469 g/mol. The third-order valence-electron chi connectivity index (χ3n) is 5.42. The number of halogens is 1. The van der Waals surface area contributed by atoms with Crippen molar-refractivity contribution in [1.29, 1.82) is 0 Å². The Morgan fingerprint density at radius 2 is 1.89 bits per heavy atom. The quantitative estimate of drug-likeness (QED) is 0.226. The summed E-state index contributed by atoms with van der Waals surface area (Å²) in [5.41, 5.74) is 2.96. The van der Waals surface area contributed by atoms with Gasteiger partial charge in [-0.3, -0.25) is 23.6 Å². The summed E-state index contributed by atoms with van der Waals surface area (Å²) in [5, 5.41) is 7.55. The molecule has 2 heterocycles. The molecule has 4 aromatic rings. The van der Waals surface area contributed by atoms with Crippen molar-refractivity contribution in [3.63, 3.8) is 0 Å². The second-order valence-corrected chi connectivity index (χ2v) is 8.93. The van der Waals surface area contributed by atoms with Crippen molar-refractivity contribution in [2.24, 2.45) is 0 Å². The predicted octanol–water partition coefficient (Wildman–Crippen LogP) is 4.04. The molecule has 0 radical (unpaired) electrons. The molecule has 0 aliphatic carbocycles. The van der Waals surface area contributed by atoms with Gasteiger partial charge >= 0.3 is 0 Å². The lowest BCUT2D eigenvalue weighted by molar-refractivity contribution is -0.113. The molecule has 10 heteroatoms. The number of aromatic nitrogens is 4. The summed E-state index contributed by atoms with van der Waals surface area (Å²) in [6, 6.07) is 12.6. The van der Waals surface area contributed by atoms with Gasteiger partial charge in [-0.15, -0.1) is 0 Å². The lowest BCUT2D eigenvalue weighted by Crippen LogP contribution is -2.26. The predicted molar refractivity (Wildman–Crippen MR) is 134 cm³/mol. The zero-order chi connectivity index (χ0) is 25.1. The van der Waals surface area contributed by atoms with E-state index in [2.05, 4.69) is 15.4 Å². The number of fused-ring (bicyclic) bond motifs is 1. The Bertz CT molecular complexity index is 1480. The number of nitrogens with one attached hydrogen (secondary N) is 1. The third-order valence-corrected chi connectivity index (χ3v) is 6.40. The molecule has 4 rings (SSSR count). The summed E-state index contributed by atoms with van der Waals surface area (Å²) >= 11 is 1.12. The van der Waals surface area contributed by atoms with Crippen LogP contribution in [-0.4, -0.2) is 36.8 Å². The average Bonchev–Trinajstić information content (AvgIpc) is 3.16. The van der Waals surface area contributed by atoms with E-state index in [-0.39, 0.29) is 35.4 Å². The van der Waals surface area contributed by atoms with E-state index in [0.717, 1.165) is 17.3 Å². The standard InChI is InChI=1S/C25H24FN5O3S/c1-4-31-23-22(15(2)29-31)28-25(30(24(23)34)13-17-8-10-19(26)11-9-17)35-14-21(33)27-20-7-5-6-18(12-20)16(3)32/h5-12H,4,13-14H2,1-3H3,(H,27,33). The SMILES string of the molecule is CCn1nc(C)c2nc(SCC(=O)Nc3cccc(C(C)=O)c3)n(Cc3ccc(F)cc3)c(=O)c21. The molecule has 0 fully saturated rings. The Kier molecular flexibility index (Phi) is 7.11. The van der Waals surface area contributed by atoms with Gasteiger partial charge in [0.25, 0.3) is 5.56 Å². The molecule has 0 bridgehead atoms. The lowest BCUT2D eigenvalue weighted by atomic mass is 10.1. The number of ketones is 1. The van der Waals surface area contributed by atoms with Crippen LogP contribution in [0.1, 0.15) is 35.5 Å². The second-order valence-electron chi connectivity index (χ2n) is 7.98. The first kappa shape index (κ1) is 24.3. The van der Waals surface area contributed by atoms with Gasteiger partial charge in [-0.05, 0) is 50.6 Å². The number of aryl methyl sites for hydroxylation is 2. The van der Waals surface area contributed by atoms with E-state index >= 15 is 0 Å². The summed E-state index contributed by atoms with van der Waals surface area (Å²) < 4.78 is 16.5. The van der Waals surface area contributed by atoms with Gasteiger partial charge in [0.15, 0.2) is 16.5 Å². The highest BCUT2D eigenvalue weighted by atomic mass is 32.2. The zero-order valence-electron chi connectivity index (χ0n) is 19.5. The number of carbonyl (C=O) groups is 2. The normalized spacial score (nSPS) is 11.1. The van der Waals surface area contributed by atoms with Gasteiger partial charge < -0.3 is 5.32 Å². The van der Waals surface area contributed by atoms with Gasteiger partial charge in [0.2, 0.25) is 5.91 Å². The van der Waals surface area contributed by atoms with Crippen molar-refractivity contribution in [3.05, 3.63) is 81.5 Å². The van der Waals surface area contributed by atoms with Crippen LogP contribution in [0.15, 0.2) is 58.5 Å². The minimum Gasteiger partial charge on any atom is -0.325 e. The maximum Gasteiger partial charge on any atom is 0.280 e. The first-order chi connectivity index (χ1) is 16.8. The summed E-state index contributed by atoms with van der Waals surface area (Å²) in [6.07, 6.45) is 0. The van der Waals surface area contributed by atoms with E-state index in [1.807, 2.05) is 6.92 Å². The Hall–Kier alpha value is -3.79. The number of thioether (sulfide) groups is 1. The number of benzene rings is 2. The number of carbonyl (C=O) groups excluding carboxylic acids is 2. The van der Waals surface area contributed by atoms with Gasteiger partial charge in [0.05, 0.1) is 18.0 Å². The number of rotatable bonds is 8. The van der Waals surface area contributed by atoms with Crippen molar-refractivity contribution in [2.75, 3.05) is 11.1 Å². The van der Waals surface area contributed by atoms with Crippen LogP contribution >= 0.6 is 11.8 Å². The van der Waals surface area contributed by atoms with Crippen LogP contribution in [0, 0.1) is 12.7 Å². The summed E-state index contributed by atoms with van der Waals surface area (Å²) in [4.78, 5) is 42.4. The van der Waals surface area contributed by atoms with Gasteiger partial charge in [-0.2, -0.15) is 5.10 Å². The molecule has 2 aromatic heterocycles. The minimum absolute atomic E-state index is 0.00732. The number of anilines is 1. The first-order valence-corrected chi connectivity index (χ1v) is 12.0. The van der Waals surface area contributed by atoms with E-state index in [9.17, 15) is 18.8 Å². The average molecular weight is 494 g/mol. The van der Waals surface area contributed by atoms with Gasteiger partial charge in [0, 0.05) is 17.8 Å². The maximum absolute atomic E-state index is 13.5.